The Bertz CT molecular complexity index is 359. The molecule has 0 aromatic heterocycles. The van der Waals surface area contributed by atoms with E-state index in [1.807, 2.05) is 11.9 Å². The Kier molecular flexibility index (Phi) is 7.89. The molecule has 1 spiro atoms. The van der Waals surface area contributed by atoms with Gasteiger partial charge in [-0.2, -0.15) is 0 Å². The summed E-state index contributed by atoms with van der Waals surface area (Å²) in [6.45, 7) is 7.18. The molecule has 3 rings (SSSR count). The third-order valence-corrected chi connectivity index (χ3v) is 5.08. The number of carbonyl (C=O) groups excluding carboxylic acids is 1. The topological polar surface area (TPSA) is 44.8 Å². The Morgan fingerprint density at radius 3 is 2.73 bits per heavy atom. The van der Waals surface area contributed by atoms with E-state index >= 15 is 0 Å². The molecule has 3 aliphatic heterocycles. The molecule has 3 heterocycles. The normalized spacial score (nSPS) is 28.9. The van der Waals surface area contributed by atoms with Crippen LogP contribution < -0.4 is 5.32 Å². The first-order valence-corrected chi connectivity index (χ1v) is 7.98. The number of morpholine rings is 1. The summed E-state index contributed by atoms with van der Waals surface area (Å²) in [5.74, 6) is 0.938. The van der Waals surface area contributed by atoms with Gasteiger partial charge in [-0.15, -0.1) is 24.8 Å². The van der Waals surface area contributed by atoms with Crippen molar-refractivity contribution in [1.82, 2.24) is 15.1 Å². The summed E-state index contributed by atoms with van der Waals surface area (Å²) in [6, 6.07) is 0. The largest absolute Gasteiger partial charge is 0.372 e. The Hall–Kier alpha value is -0.0700. The molecule has 0 bridgehead atoms. The van der Waals surface area contributed by atoms with Crippen LogP contribution in [0.2, 0.25) is 0 Å². The molecule has 3 saturated heterocycles. The van der Waals surface area contributed by atoms with Crippen molar-refractivity contribution < 1.29 is 9.53 Å². The monoisotopic (exact) mass is 353 g/mol. The van der Waals surface area contributed by atoms with Gasteiger partial charge >= 0.3 is 0 Å². The fourth-order valence-corrected chi connectivity index (χ4v) is 3.88. The lowest BCUT2D eigenvalue weighted by Gasteiger charge is -2.46. The van der Waals surface area contributed by atoms with Gasteiger partial charge in [0, 0.05) is 39.6 Å². The summed E-state index contributed by atoms with van der Waals surface area (Å²) in [5.41, 5.74) is 0.0971. The van der Waals surface area contributed by atoms with Gasteiger partial charge in [-0.1, -0.05) is 0 Å². The van der Waals surface area contributed by atoms with Crippen LogP contribution in [0, 0.1) is 5.92 Å². The zero-order chi connectivity index (χ0) is 14.0. The van der Waals surface area contributed by atoms with Crippen molar-refractivity contribution in [2.24, 2.45) is 5.92 Å². The molecule has 1 unspecified atom stereocenters. The van der Waals surface area contributed by atoms with Crippen LogP contribution >= 0.6 is 24.8 Å². The van der Waals surface area contributed by atoms with E-state index in [0.29, 0.717) is 11.8 Å². The van der Waals surface area contributed by atoms with Gasteiger partial charge in [0.1, 0.15) is 0 Å². The van der Waals surface area contributed by atoms with Gasteiger partial charge in [-0.05, 0) is 38.3 Å². The molecule has 1 amide bonds. The minimum absolute atomic E-state index is 0. The lowest BCUT2D eigenvalue weighted by atomic mass is 9.89. The maximum Gasteiger partial charge on any atom is 0.222 e. The number of nitrogens with one attached hydrogen (secondary N) is 1. The second-order valence-corrected chi connectivity index (χ2v) is 6.70. The molecular weight excluding hydrogens is 325 g/mol. The lowest BCUT2D eigenvalue weighted by Crippen LogP contribution is -2.57. The second kappa shape index (κ2) is 8.69. The minimum Gasteiger partial charge on any atom is -0.372 e. The molecule has 1 atom stereocenters. The zero-order valence-electron chi connectivity index (χ0n) is 13.4. The van der Waals surface area contributed by atoms with Crippen LogP contribution in [0.1, 0.15) is 25.7 Å². The molecule has 0 aliphatic carbocycles. The molecule has 3 aliphatic rings. The van der Waals surface area contributed by atoms with Crippen molar-refractivity contribution >= 4 is 30.7 Å². The van der Waals surface area contributed by atoms with Crippen molar-refractivity contribution in [2.45, 2.75) is 31.3 Å². The van der Waals surface area contributed by atoms with Gasteiger partial charge in [-0.25, -0.2) is 0 Å². The molecule has 0 aromatic rings. The number of piperidine rings is 2. The van der Waals surface area contributed by atoms with Gasteiger partial charge in [0.25, 0.3) is 0 Å². The van der Waals surface area contributed by atoms with E-state index in [1.54, 1.807) is 0 Å². The summed E-state index contributed by atoms with van der Waals surface area (Å²) in [5, 5.41) is 3.42. The molecule has 1 N–H and O–H groups in total. The molecule has 0 radical (unpaired) electrons. The molecule has 130 valence electrons. The van der Waals surface area contributed by atoms with E-state index in [-0.39, 0.29) is 30.4 Å². The van der Waals surface area contributed by atoms with Crippen LogP contribution in [-0.2, 0) is 9.53 Å². The molecule has 0 aromatic carbocycles. The summed E-state index contributed by atoms with van der Waals surface area (Å²) >= 11 is 0. The van der Waals surface area contributed by atoms with Crippen LogP contribution in [0.4, 0.5) is 0 Å². The van der Waals surface area contributed by atoms with E-state index in [2.05, 4.69) is 10.2 Å². The molecule has 0 saturated carbocycles. The number of halogens is 2. The number of likely N-dealkylation sites (tertiary alicyclic amines) is 1. The van der Waals surface area contributed by atoms with Crippen molar-refractivity contribution in [2.75, 3.05) is 52.9 Å². The highest BCUT2D eigenvalue weighted by atomic mass is 35.5. The first kappa shape index (κ1) is 20.0. The highest BCUT2D eigenvalue weighted by Gasteiger charge is 2.38. The number of carbonyl (C=O) groups is 1. The van der Waals surface area contributed by atoms with Crippen LogP contribution in [0.5, 0.6) is 0 Å². The number of amides is 1. The fourth-order valence-electron chi connectivity index (χ4n) is 3.88. The second-order valence-electron chi connectivity index (χ2n) is 6.70. The Morgan fingerprint density at radius 2 is 2.05 bits per heavy atom. The first-order chi connectivity index (χ1) is 9.67. The lowest BCUT2D eigenvalue weighted by molar-refractivity contribution is -0.137. The van der Waals surface area contributed by atoms with Crippen molar-refractivity contribution in [3.05, 3.63) is 0 Å². The van der Waals surface area contributed by atoms with E-state index in [4.69, 9.17) is 4.74 Å². The average molecular weight is 354 g/mol. The van der Waals surface area contributed by atoms with Crippen LogP contribution in [0.3, 0.4) is 0 Å². The number of nitrogens with zero attached hydrogens (tertiary/aromatic N) is 2. The summed E-state index contributed by atoms with van der Waals surface area (Å²) < 4.78 is 6.12. The van der Waals surface area contributed by atoms with Gasteiger partial charge in [-0.3, -0.25) is 9.69 Å². The summed E-state index contributed by atoms with van der Waals surface area (Å²) in [7, 11) is 1.93. The van der Waals surface area contributed by atoms with Gasteiger partial charge in [0.05, 0.1) is 12.2 Å². The Morgan fingerprint density at radius 1 is 1.32 bits per heavy atom. The maximum atomic E-state index is 11.6. The predicted molar refractivity (Wildman–Crippen MR) is 92.1 cm³/mol. The third-order valence-electron chi connectivity index (χ3n) is 5.08. The van der Waals surface area contributed by atoms with Crippen molar-refractivity contribution in [1.29, 1.82) is 0 Å². The highest BCUT2D eigenvalue weighted by Crippen LogP contribution is 2.28. The van der Waals surface area contributed by atoms with E-state index < -0.39 is 0 Å². The predicted octanol–water partition coefficient (Wildman–Crippen LogP) is 1.15. The van der Waals surface area contributed by atoms with Gasteiger partial charge in [0.15, 0.2) is 0 Å². The van der Waals surface area contributed by atoms with Crippen LogP contribution in [-0.4, -0.2) is 74.2 Å². The molecular formula is C15H29Cl2N3O2. The fraction of sp³-hybridized carbons (Fsp3) is 0.933. The highest BCUT2D eigenvalue weighted by molar-refractivity contribution is 5.85. The third kappa shape index (κ3) is 4.71. The van der Waals surface area contributed by atoms with E-state index in [1.165, 1.54) is 0 Å². The van der Waals surface area contributed by atoms with Crippen LogP contribution in [0.15, 0.2) is 0 Å². The molecule has 5 nitrogen and oxygen atoms in total. The first-order valence-electron chi connectivity index (χ1n) is 7.98. The Labute approximate surface area is 145 Å². The van der Waals surface area contributed by atoms with Crippen molar-refractivity contribution in [3.63, 3.8) is 0 Å². The molecule has 3 fully saturated rings. The number of rotatable bonds is 2. The molecule has 22 heavy (non-hydrogen) atoms. The zero-order valence-corrected chi connectivity index (χ0v) is 15.0. The van der Waals surface area contributed by atoms with E-state index in [0.717, 1.165) is 71.6 Å². The average Bonchev–Trinajstić information content (AvgIpc) is 2.44. The number of ether oxygens (including phenoxy) is 1. The smallest absolute Gasteiger partial charge is 0.222 e. The van der Waals surface area contributed by atoms with Gasteiger partial charge in [0.2, 0.25) is 5.91 Å². The van der Waals surface area contributed by atoms with Crippen LogP contribution in [0.25, 0.3) is 0 Å². The maximum absolute atomic E-state index is 11.6. The molecule has 7 heteroatoms. The summed E-state index contributed by atoms with van der Waals surface area (Å²) in [4.78, 5) is 16.0. The quantitative estimate of drug-likeness (QED) is 0.808. The minimum atomic E-state index is 0. The van der Waals surface area contributed by atoms with E-state index in [9.17, 15) is 4.79 Å². The SMILES string of the molecule is CN1CC(CN2CCOC3(CCNCC3)C2)CCC1=O.Cl.Cl. The number of hydrogen-bond donors (Lipinski definition) is 1. The van der Waals surface area contributed by atoms with Gasteiger partial charge < -0.3 is 15.0 Å². The standard InChI is InChI=1S/C15H27N3O2.2ClH/c1-17-10-13(2-3-14(17)19)11-18-8-9-20-15(12-18)4-6-16-7-5-15;;/h13,16H,2-12H2,1H3;2*1H. The van der Waals surface area contributed by atoms with Crippen molar-refractivity contribution in [3.8, 4) is 0 Å². The number of hydrogen-bond acceptors (Lipinski definition) is 4. The Balaban J connectivity index is 0.00000121. The summed E-state index contributed by atoms with van der Waals surface area (Å²) in [6.07, 6.45) is 4.04.